The van der Waals surface area contributed by atoms with Crippen molar-refractivity contribution in [2.45, 2.75) is 87.3 Å². The van der Waals surface area contributed by atoms with E-state index in [0.29, 0.717) is 5.91 Å². The van der Waals surface area contributed by atoms with Gasteiger partial charge in [-0.3, -0.25) is 4.79 Å². The highest BCUT2D eigenvalue weighted by Crippen LogP contribution is 2.64. The number of hydrogen-bond acceptors (Lipinski definition) is 1. The van der Waals surface area contributed by atoms with E-state index in [9.17, 15) is 4.79 Å². The third-order valence-corrected chi connectivity index (χ3v) is 10.7. The minimum atomic E-state index is -0.0711. The summed E-state index contributed by atoms with van der Waals surface area (Å²) in [7, 11) is 0. The van der Waals surface area contributed by atoms with Gasteiger partial charge in [0.25, 0.3) is 0 Å². The van der Waals surface area contributed by atoms with Gasteiger partial charge in [0.1, 0.15) is 0 Å². The van der Waals surface area contributed by atoms with Crippen LogP contribution in [0.3, 0.4) is 0 Å². The van der Waals surface area contributed by atoms with Gasteiger partial charge in [-0.05, 0) is 130 Å². The molecule has 8 aliphatic carbocycles. The number of benzene rings is 1. The van der Waals surface area contributed by atoms with Gasteiger partial charge in [0.2, 0.25) is 5.91 Å². The lowest BCUT2D eigenvalue weighted by molar-refractivity contribution is -0.140. The molecule has 2 atom stereocenters. The SMILES string of the molecule is O=C(Nc1ccc(C23C[C@H]4C[C@@H](CC(Cl)(C4)C2)C3)cc1)C12CC3CC(CC(C3)C1)C2. The molecule has 1 N–H and O–H groups in total. The minimum absolute atomic E-state index is 0.0511. The number of carbonyl (C=O) groups is 1. The van der Waals surface area contributed by atoms with E-state index < -0.39 is 0 Å². The van der Waals surface area contributed by atoms with Crippen molar-refractivity contribution in [3.8, 4) is 0 Å². The number of alkyl halides is 1. The molecule has 0 heterocycles. The van der Waals surface area contributed by atoms with Crippen LogP contribution >= 0.6 is 11.6 Å². The fourth-order valence-corrected chi connectivity index (χ4v) is 10.7. The van der Waals surface area contributed by atoms with Gasteiger partial charge in [0, 0.05) is 10.6 Å². The number of rotatable bonds is 3. The summed E-state index contributed by atoms with van der Waals surface area (Å²) in [6.45, 7) is 0. The first-order chi connectivity index (χ1) is 14.4. The van der Waals surface area contributed by atoms with Crippen molar-refractivity contribution in [2.24, 2.45) is 35.0 Å². The average molecular weight is 424 g/mol. The minimum Gasteiger partial charge on any atom is -0.326 e. The van der Waals surface area contributed by atoms with Crippen LogP contribution in [0.2, 0.25) is 0 Å². The molecule has 0 saturated heterocycles. The van der Waals surface area contributed by atoms with Gasteiger partial charge in [0.15, 0.2) is 0 Å². The van der Waals surface area contributed by atoms with Crippen LogP contribution < -0.4 is 5.32 Å². The first-order valence-electron chi connectivity index (χ1n) is 12.5. The van der Waals surface area contributed by atoms with Crippen molar-refractivity contribution in [1.29, 1.82) is 0 Å². The second kappa shape index (κ2) is 6.06. The quantitative estimate of drug-likeness (QED) is 0.540. The van der Waals surface area contributed by atoms with Gasteiger partial charge >= 0.3 is 0 Å². The van der Waals surface area contributed by atoms with Gasteiger partial charge in [0.05, 0.1) is 5.41 Å². The Morgan fingerprint density at radius 2 is 1.30 bits per heavy atom. The lowest BCUT2D eigenvalue weighted by Gasteiger charge is -2.60. The zero-order valence-electron chi connectivity index (χ0n) is 18.0. The summed E-state index contributed by atoms with van der Waals surface area (Å²) < 4.78 is 0. The Balaban J connectivity index is 1.11. The zero-order chi connectivity index (χ0) is 20.1. The summed E-state index contributed by atoms with van der Waals surface area (Å²) in [5.74, 6) is 4.37. The Morgan fingerprint density at radius 1 is 0.767 bits per heavy atom. The predicted molar refractivity (Wildman–Crippen MR) is 121 cm³/mol. The standard InChI is InChI=1S/C27H34ClNO/c28-27-14-20-8-21(15-27)13-26(12-20,16-27)22-1-3-23(4-2-22)29-24(30)25-9-17-5-18(10-25)7-19(6-17)11-25/h1-4,17-21H,5-16H2,(H,29,30)/t17?,18?,19?,20-,21-,25?,26?,27?/m1/s1. The number of anilines is 1. The Morgan fingerprint density at radius 3 is 1.83 bits per heavy atom. The van der Waals surface area contributed by atoms with Gasteiger partial charge in [-0.15, -0.1) is 11.6 Å². The summed E-state index contributed by atoms with van der Waals surface area (Å²) in [6.07, 6.45) is 15.2. The van der Waals surface area contributed by atoms with Crippen LogP contribution in [0.5, 0.6) is 0 Å². The maximum atomic E-state index is 13.4. The van der Waals surface area contributed by atoms with E-state index in [4.69, 9.17) is 11.6 Å². The summed E-state index contributed by atoms with van der Waals surface area (Å²) in [4.78, 5) is 13.4. The fourth-order valence-electron chi connectivity index (χ4n) is 10.0. The van der Waals surface area contributed by atoms with Crippen LogP contribution in [0.25, 0.3) is 0 Å². The van der Waals surface area contributed by atoms with Gasteiger partial charge in [-0.1, -0.05) is 12.1 Å². The van der Waals surface area contributed by atoms with Gasteiger partial charge in [-0.2, -0.15) is 0 Å². The molecule has 0 spiro atoms. The molecular weight excluding hydrogens is 390 g/mol. The molecule has 0 radical (unpaired) electrons. The lowest BCUT2D eigenvalue weighted by atomic mass is 9.47. The van der Waals surface area contributed by atoms with E-state index in [1.165, 1.54) is 56.9 Å². The first-order valence-corrected chi connectivity index (χ1v) is 12.9. The molecule has 8 bridgehead atoms. The fraction of sp³-hybridized carbons (Fsp3) is 0.741. The maximum absolute atomic E-state index is 13.4. The van der Waals surface area contributed by atoms with Crippen LogP contribution in [0.1, 0.15) is 82.6 Å². The molecule has 8 aliphatic rings. The molecule has 160 valence electrons. The van der Waals surface area contributed by atoms with E-state index in [1.54, 1.807) is 0 Å². The zero-order valence-corrected chi connectivity index (χ0v) is 18.7. The molecule has 3 heteroatoms. The van der Waals surface area contributed by atoms with Crippen LogP contribution in [0, 0.1) is 35.0 Å². The molecule has 8 fully saturated rings. The lowest BCUT2D eigenvalue weighted by Crippen LogP contribution is -2.55. The molecule has 0 unspecified atom stereocenters. The Kier molecular flexibility index (Phi) is 3.74. The molecule has 1 aromatic carbocycles. The van der Waals surface area contributed by atoms with Gasteiger partial charge in [-0.25, -0.2) is 0 Å². The summed E-state index contributed by atoms with van der Waals surface area (Å²) in [5.41, 5.74) is 2.67. The van der Waals surface area contributed by atoms with E-state index in [0.717, 1.165) is 61.0 Å². The second-order valence-corrected chi connectivity index (χ2v) is 13.4. The third kappa shape index (κ3) is 2.71. The molecule has 0 aromatic heterocycles. The van der Waals surface area contributed by atoms with Crippen LogP contribution in [-0.2, 0) is 10.2 Å². The van der Waals surface area contributed by atoms with E-state index in [2.05, 4.69) is 29.6 Å². The van der Waals surface area contributed by atoms with Crippen LogP contribution in [-0.4, -0.2) is 10.8 Å². The molecule has 1 amide bonds. The summed E-state index contributed by atoms with van der Waals surface area (Å²) in [5, 5.41) is 3.34. The number of nitrogens with one attached hydrogen (secondary N) is 1. The molecule has 9 rings (SSSR count). The van der Waals surface area contributed by atoms with Crippen molar-refractivity contribution in [3.63, 3.8) is 0 Å². The third-order valence-electron chi connectivity index (χ3n) is 10.3. The Labute approximate surface area is 185 Å². The number of halogens is 1. The predicted octanol–water partition coefficient (Wildman–Crippen LogP) is 6.67. The molecule has 0 aliphatic heterocycles. The first kappa shape index (κ1) is 18.5. The Hall–Kier alpha value is -1.02. The van der Waals surface area contributed by atoms with Crippen molar-refractivity contribution < 1.29 is 4.79 Å². The Bertz CT molecular complexity index is 839. The highest BCUT2D eigenvalue weighted by Gasteiger charge is 2.58. The van der Waals surface area contributed by atoms with Crippen molar-refractivity contribution in [3.05, 3.63) is 29.8 Å². The largest absolute Gasteiger partial charge is 0.326 e. The van der Waals surface area contributed by atoms with Crippen molar-refractivity contribution in [1.82, 2.24) is 0 Å². The number of carbonyl (C=O) groups excluding carboxylic acids is 1. The van der Waals surface area contributed by atoms with E-state index >= 15 is 0 Å². The topological polar surface area (TPSA) is 29.1 Å². The number of amides is 1. The van der Waals surface area contributed by atoms with Crippen LogP contribution in [0.15, 0.2) is 24.3 Å². The van der Waals surface area contributed by atoms with E-state index in [-0.39, 0.29) is 15.7 Å². The highest BCUT2D eigenvalue weighted by atomic mass is 35.5. The molecule has 30 heavy (non-hydrogen) atoms. The smallest absolute Gasteiger partial charge is 0.230 e. The second-order valence-electron chi connectivity index (χ2n) is 12.6. The average Bonchev–Trinajstić information content (AvgIpc) is 2.65. The number of hydrogen-bond donors (Lipinski definition) is 1. The van der Waals surface area contributed by atoms with Crippen molar-refractivity contribution >= 4 is 23.2 Å². The molecule has 2 nitrogen and oxygen atoms in total. The van der Waals surface area contributed by atoms with Crippen LogP contribution in [0.4, 0.5) is 5.69 Å². The molecule has 8 saturated carbocycles. The van der Waals surface area contributed by atoms with Gasteiger partial charge < -0.3 is 5.32 Å². The van der Waals surface area contributed by atoms with Crippen molar-refractivity contribution in [2.75, 3.05) is 5.32 Å². The molecular formula is C27H34ClNO. The summed E-state index contributed by atoms with van der Waals surface area (Å²) >= 11 is 7.06. The molecule has 1 aromatic rings. The normalized spacial score (nSPS) is 50.1. The maximum Gasteiger partial charge on any atom is 0.230 e. The monoisotopic (exact) mass is 423 g/mol. The summed E-state index contributed by atoms with van der Waals surface area (Å²) in [6, 6.07) is 8.96. The highest BCUT2D eigenvalue weighted by molar-refractivity contribution is 6.24. The van der Waals surface area contributed by atoms with E-state index in [1.807, 2.05) is 0 Å².